The van der Waals surface area contributed by atoms with Crippen molar-refractivity contribution in [3.8, 4) is 0 Å². The molecule has 30 heavy (non-hydrogen) atoms. The first kappa shape index (κ1) is 20.1. The number of hydrogen-bond donors (Lipinski definition) is 1. The van der Waals surface area contributed by atoms with E-state index in [4.69, 9.17) is 0 Å². The van der Waals surface area contributed by atoms with Crippen molar-refractivity contribution in [1.29, 1.82) is 0 Å². The van der Waals surface area contributed by atoms with Crippen LogP contribution in [0.3, 0.4) is 0 Å². The number of benzene rings is 1. The van der Waals surface area contributed by atoms with Crippen molar-refractivity contribution in [3.05, 3.63) is 52.3 Å². The highest BCUT2D eigenvalue weighted by atomic mass is 19.4. The van der Waals surface area contributed by atoms with Crippen LogP contribution in [0.15, 0.2) is 24.3 Å². The second kappa shape index (κ2) is 7.58. The summed E-state index contributed by atoms with van der Waals surface area (Å²) in [6.45, 7) is -0.336. The van der Waals surface area contributed by atoms with Crippen molar-refractivity contribution in [2.24, 2.45) is 0 Å². The van der Waals surface area contributed by atoms with Crippen molar-refractivity contribution in [2.45, 2.75) is 38.4 Å². The minimum absolute atomic E-state index is 0.0351. The van der Waals surface area contributed by atoms with Gasteiger partial charge in [0.05, 0.1) is 17.7 Å². The molecule has 1 aromatic heterocycles. The molecule has 0 atom stereocenters. The van der Waals surface area contributed by atoms with Crippen molar-refractivity contribution in [3.63, 3.8) is 0 Å². The molecular formula is C20H19F3N4O3. The minimum Gasteiger partial charge on any atom is -0.353 e. The number of nitrogens with one attached hydrogen (secondary N) is 1. The standard InChI is InChI=1S/C20H19F3N4O3/c21-20(22,23)17-14-7-3-4-8-15(14)27(25-17)10-9-24-16(28)11-26-18(29)12-5-1-2-6-13(12)19(26)30/h1-2,5-6H,3-4,7-11H2,(H,24,28). The van der Waals surface area contributed by atoms with Gasteiger partial charge in [0.15, 0.2) is 5.69 Å². The van der Waals surface area contributed by atoms with E-state index >= 15 is 0 Å². The summed E-state index contributed by atoms with van der Waals surface area (Å²) in [6.07, 6.45) is -2.17. The van der Waals surface area contributed by atoms with Gasteiger partial charge in [-0.3, -0.25) is 24.0 Å². The highest BCUT2D eigenvalue weighted by molar-refractivity contribution is 6.22. The molecule has 0 fully saturated rings. The second-order valence-electron chi connectivity index (χ2n) is 7.29. The fraction of sp³-hybridized carbons (Fsp3) is 0.400. The van der Waals surface area contributed by atoms with Crippen LogP contribution in [-0.2, 0) is 30.4 Å². The Labute approximate surface area is 169 Å². The molecule has 2 heterocycles. The third-order valence-electron chi connectivity index (χ3n) is 5.35. The lowest BCUT2D eigenvalue weighted by atomic mass is 9.95. The number of nitrogens with zero attached hydrogens (tertiary/aromatic N) is 3. The van der Waals surface area contributed by atoms with E-state index in [1.807, 2.05) is 0 Å². The molecular weight excluding hydrogens is 401 g/mol. The van der Waals surface area contributed by atoms with Crippen LogP contribution in [0, 0.1) is 0 Å². The van der Waals surface area contributed by atoms with Crippen LogP contribution < -0.4 is 5.32 Å². The number of carbonyl (C=O) groups excluding carboxylic acids is 3. The number of hydrogen-bond acceptors (Lipinski definition) is 4. The number of rotatable bonds is 5. The number of carbonyl (C=O) groups is 3. The summed E-state index contributed by atoms with van der Waals surface area (Å²) in [5.74, 6) is -1.65. The molecule has 1 aromatic carbocycles. The summed E-state index contributed by atoms with van der Waals surface area (Å²) in [6, 6.07) is 6.31. The Morgan fingerprint density at radius 2 is 1.70 bits per heavy atom. The van der Waals surface area contributed by atoms with Gasteiger partial charge in [-0.05, 0) is 37.8 Å². The van der Waals surface area contributed by atoms with E-state index in [-0.39, 0.29) is 29.8 Å². The van der Waals surface area contributed by atoms with Gasteiger partial charge < -0.3 is 5.32 Å². The average Bonchev–Trinajstić information content (AvgIpc) is 3.20. The number of halogens is 3. The van der Waals surface area contributed by atoms with Crippen molar-refractivity contribution < 1.29 is 27.6 Å². The largest absolute Gasteiger partial charge is 0.435 e. The van der Waals surface area contributed by atoms with Crippen LogP contribution in [0.2, 0.25) is 0 Å². The molecule has 0 saturated heterocycles. The van der Waals surface area contributed by atoms with Crippen LogP contribution >= 0.6 is 0 Å². The van der Waals surface area contributed by atoms with Crippen molar-refractivity contribution in [1.82, 2.24) is 20.0 Å². The van der Waals surface area contributed by atoms with Crippen LogP contribution in [0.25, 0.3) is 0 Å². The third kappa shape index (κ3) is 3.57. The molecule has 4 rings (SSSR count). The average molecular weight is 420 g/mol. The van der Waals surface area contributed by atoms with Crippen LogP contribution in [0.4, 0.5) is 13.2 Å². The molecule has 2 aliphatic rings. The van der Waals surface area contributed by atoms with Gasteiger partial charge in [-0.1, -0.05) is 12.1 Å². The highest BCUT2D eigenvalue weighted by Crippen LogP contribution is 2.35. The number of alkyl halides is 3. The van der Waals surface area contributed by atoms with Gasteiger partial charge in [0.1, 0.15) is 6.54 Å². The lowest BCUT2D eigenvalue weighted by molar-refractivity contribution is -0.142. The first-order valence-electron chi connectivity index (χ1n) is 9.65. The van der Waals surface area contributed by atoms with E-state index in [1.165, 1.54) is 16.8 Å². The monoisotopic (exact) mass is 420 g/mol. The summed E-state index contributed by atoms with van der Waals surface area (Å²) in [5.41, 5.74) is 0.445. The van der Waals surface area contributed by atoms with E-state index in [0.29, 0.717) is 25.0 Å². The Kier molecular flexibility index (Phi) is 5.08. The molecule has 0 unspecified atom stereocenters. The van der Waals surface area contributed by atoms with E-state index < -0.39 is 36.1 Å². The molecule has 1 aliphatic heterocycles. The zero-order chi connectivity index (χ0) is 21.5. The van der Waals surface area contributed by atoms with Gasteiger partial charge in [-0.2, -0.15) is 18.3 Å². The van der Waals surface area contributed by atoms with Gasteiger partial charge in [0, 0.05) is 17.8 Å². The van der Waals surface area contributed by atoms with Gasteiger partial charge in [-0.15, -0.1) is 0 Å². The fourth-order valence-electron chi connectivity index (χ4n) is 3.97. The van der Waals surface area contributed by atoms with Crippen LogP contribution in [0.1, 0.15) is 50.5 Å². The summed E-state index contributed by atoms with van der Waals surface area (Å²) in [7, 11) is 0. The SMILES string of the molecule is O=C(CN1C(=O)c2ccccc2C1=O)NCCn1nc(C(F)(F)F)c2c1CCCC2. The topological polar surface area (TPSA) is 84.3 Å². The maximum atomic E-state index is 13.2. The first-order valence-corrected chi connectivity index (χ1v) is 9.65. The lowest BCUT2D eigenvalue weighted by Crippen LogP contribution is -2.41. The molecule has 0 saturated carbocycles. The number of fused-ring (bicyclic) bond motifs is 2. The molecule has 1 N–H and O–H groups in total. The fourth-order valence-corrected chi connectivity index (χ4v) is 3.97. The predicted octanol–water partition coefficient (Wildman–Crippen LogP) is 2.19. The summed E-state index contributed by atoms with van der Waals surface area (Å²) >= 11 is 0. The summed E-state index contributed by atoms with van der Waals surface area (Å²) in [5, 5.41) is 6.29. The Bertz CT molecular complexity index is 994. The van der Waals surface area contributed by atoms with E-state index in [9.17, 15) is 27.6 Å². The van der Waals surface area contributed by atoms with Crippen LogP contribution in [0.5, 0.6) is 0 Å². The molecule has 158 valence electrons. The van der Waals surface area contributed by atoms with Gasteiger partial charge in [0.25, 0.3) is 11.8 Å². The number of aromatic nitrogens is 2. The van der Waals surface area contributed by atoms with Crippen LogP contribution in [-0.4, -0.2) is 45.5 Å². The molecule has 10 heteroatoms. The third-order valence-corrected chi connectivity index (χ3v) is 5.35. The normalized spacial score (nSPS) is 15.9. The second-order valence-corrected chi connectivity index (χ2v) is 7.29. The first-order chi connectivity index (χ1) is 14.3. The quantitative estimate of drug-likeness (QED) is 0.752. The molecule has 0 spiro atoms. The summed E-state index contributed by atoms with van der Waals surface area (Å²) < 4.78 is 41.0. The van der Waals surface area contributed by atoms with Gasteiger partial charge in [-0.25, -0.2) is 0 Å². The number of imide groups is 1. The zero-order valence-electron chi connectivity index (χ0n) is 16.0. The Morgan fingerprint density at radius 1 is 1.07 bits per heavy atom. The summed E-state index contributed by atoms with van der Waals surface area (Å²) in [4.78, 5) is 37.7. The maximum absolute atomic E-state index is 13.2. The number of amides is 3. The van der Waals surface area contributed by atoms with E-state index in [0.717, 1.165) is 11.3 Å². The van der Waals surface area contributed by atoms with E-state index in [1.54, 1.807) is 12.1 Å². The van der Waals surface area contributed by atoms with Gasteiger partial charge in [0.2, 0.25) is 5.91 Å². The Morgan fingerprint density at radius 3 is 2.33 bits per heavy atom. The lowest BCUT2D eigenvalue weighted by Gasteiger charge is -2.16. The molecule has 0 radical (unpaired) electrons. The van der Waals surface area contributed by atoms with E-state index in [2.05, 4.69) is 10.4 Å². The van der Waals surface area contributed by atoms with Gasteiger partial charge >= 0.3 is 6.18 Å². The Balaban J connectivity index is 1.38. The Hall–Kier alpha value is -3.17. The molecule has 1 aliphatic carbocycles. The molecule has 2 aromatic rings. The predicted molar refractivity (Wildman–Crippen MR) is 98.7 cm³/mol. The highest BCUT2D eigenvalue weighted by Gasteiger charge is 2.39. The van der Waals surface area contributed by atoms with Crippen molar-refractivity contribution >= 4 is 17.7 Å². The maximum Gasteiger partial charge on any atom is 0.435 e. The molecule has 0 bridgehead atoms. The minimum atomic E-state index is -4.51. The zero-order valence-corrected chi connectivity index (χ0v) is 16.0. The smallest absolute Gasteiger partial charge is 0.353 e. The molecule has 3 amide bonds. The molecule has 7 nitrogen and oxygen atoms in total. The van der Waals surface area contributed by atoms with Crippen molar-refractivity contribution in [2.75, 3.05) is 13.1 Å².